The molecule has 0 aromatic carbocycles. The van der Waals surface area contributed by atoms with Crippen molar-refractivity contribution in [2.75, 3.05) is 18.0 Å². The van der Waals surface area contributed by atoms with Crippen LogP contribution >= 0.6 is 0 Å². The molecule has 0 aliphatic carbocycles. The summed E-state index contributed by atoms with van der Waals surface area (Å²) in [6, 6.07) is 3.70. The van der Waals surface area contributed by atoms with E-state index < -0.39 is 12.1 Å². The molecule has 0 unspecified atom stereocenters. The van der Waals surface area contributed by atoms with Gasteiger partial charge in [-0.05, 0) is 31.9 Å². The van der Waals surface area contributed by atoms with Crippen LogP contribution in [0.4, 0.5) is 23.4 Å². The minimum absolute atomic E-state index is 0.0142. The van der Waals surface area contributed by atoms with E-state index >= 15 is 0 Å². The lowest BCUT2D eigenvalue weighted by Gasteiger charge is -2.41. The number of carbonyl (C=O) groups is 1. The molecular weight excluding hydrogens is 508 g/mol. The Morgan fingerprint density at radius 2 is 1.84 bits per heavy atom. The number of carboxylic acid groups (broad SMARTS) is 1. The second-order valence-electron chi connectivity index (χ2n) is 9.39. The first-order chi connectivity index (χ1) is 18.0. The summed E-state index contributed by atoms with van der Waals surface area (Å²) in [5, 5.41) is 11.5. The van der Waals surface area contributed by atoms with Gasteiger partial charge in [-0.15, -0.1) is 0 Å². The van der Waals surface area contributed by atoms with Crippen LogP contribution in [0.25, 0.3) is 16.9 Å². The number of pyridine rings is 1. The highest BCUT2D eigenvalue weighted by Gasteiger charge is 2.47. The monoisotopic (exact) mass is 532 g/mol. The van der Waals surface area contributed by atoms with Crippen molar-refractivity contribution in [3.05, 3.63) is 60.3 Å². The molecule has 6 rings (SSSR count). The standard InChI is InChI=1S/C22H23FN8.C2HF3O2/c1-14-18(23)15(2-6-25-14)20-27-12-17-21(26-8-11-30(17)20)29-9-4-22(5-10-29)13-31-16(19(22)24)3-7-28-31;3-2(4,5)1(6)7/h2-3,6-8,11-12,19H,4-5,9-10,13,24H2,1H3;(H,6,7)/t19-;/m1./s1. The average Bonchev–Trinajstić information content (AvgIpc) is 3.57. The van der Waals surface area contributed by atoms with Gasteiger partial charge in [-0.3, -0.25) is 14.1 Å². The third kappa shape index (κ3) is 4.34. The lowest BCUT2D eigenvalue weighted by atomic mass is 9.73. The number of halogens is 4. The molecule has 0 amide bonds. The van der Waals surface area contributed by atoms with Crippen LogP contribution in [0.3, 0.4) is 0 Å². The summed E-state index contributed by atoms with van der Waals surface area (Å²) in [4.78, 5) is 24.4. The van der Waals surface area contributed by atoms with Crippen LogP contribution in [0.5, 0.6) is 0 Å². The molecule has 10 nitrogen and oxygen atoms in total. The molecule has 0 bridgehead atoms. The smallest absolute Gasteiger partial charge is 0.475 e. The van der Waals surface area contributed by atoms with Gasteiger partial charge in [0, 0.05) is 49.8 Å². The van der Waals surface area contributed by atoms with Crippen molar-refractivity contribution < 1.29 is 27.5 Å². The zero-order valence-corrected chi connectivity index (χ0v) is 20.2. The van der Waals surface area contributed by atoms with E-state index in [2.05, 4.69) is 25.0 Å². The number of aliphatic carboxylic acids is 1. The lowest BCUT2D eigenvalue weighted by Crippen LogP contribution is -2.45. The van der Waals surface area contributed by atoms with E-state index in [9.17, 15) is 17.6 Å². The number of anilines is 1. The van der Waals surface area contributed by atoms with E-state index in [-0.39, 0.29) is 17.3 Å². The summed E-state index contributed by atoms with van der Waals surface area (Å²) in [7, 11) is 0. The van der Waals surface area contributed by atoms with Crippen molar-refractivity contribution in [3.8, 4) is 11.4 Å². The molecule has 1 spiro atoms. The Hall–Kier alpha value is -4.07. The molecule has 38 heavy (non-hydrogen) atoms. The third-order valence-electron chi connectivity index (χ3n) is 7.24. The zero-order valence-electron chi connectivity index (χ0n) is 20.2. The largest absolute Gasteiger partial charge is 0.490 e. The summed E-state index contributed by atoms with van der Waals surface area (Å²) in [5.74, 6) is -1.68. The SMILES string of the molecule is Cc1nccc(-c2ncc3c(N4CCC5(CC4)Cn4nccc4[C@H]5N)nccn23)c1F.O=C(O)C(F)(F)F. The predicted molar refractivity (Wildman–Crippen MR) is 128 cm³/mol. The highest BCUT2D eigenvalue weighted by atomic mass is 19.4. The minimum atomic E-state index is -5.08. The topological polar surface area (TPSA) is 127 Å². The molecule has 14 heteroatoms. The van der Waals surface area contributed by atoms with Gasteiger partial charge < -0.3 is 15.7 Å². The molecule has 2 aliphatic rings. The first-order valence-corrected chi connectivity index (χ1v) is 11.8. The number of carboxylic acids is 1. The fourth-order valence-electron chi connectivity index (χ4n) is 5.16. The van der Waals surface area contributed by atoms with Gasteiger partial charge >= 0.3 is 12.1 Å². The summed E-state index contributed by atoms with van der Waals surface area (Å²) in [6.45, 7) is 4.24. The first-order valence-electron chi connectivity index (χ1n) is 11.8. The van der Waals surface area contributed by atoms with Gasteiger partial charge in [-0.1, -0.05) is 0 Å². The number of fused-ring (bicyclic) bond motifs is 2. The van der Waals surface area contributed by atoms with Crippen LogP contribution in [-0.2, 0) is 11.3 Å². The predicted octanol–water partition coefficient (Wildman–Crippen LogP) is 3.37. The Morgan fingerprint density at radius 1 is 1.13 bits per heavy atom. The number of alkyl halides is 3. The number of rotatable bonds is 2. The third-order valence-corrected chi connectivity index (χ3v) is 7.24. The van der Waals surface area contributed by atoms with Gasteiger partial charge in [-0.2, -0.15) is 18.3 Å². The number of aryl methyl sites for hydroxylation is 1. The van der Waals surface area contributed by atoms with Gasteiger partial charge in [0.1, 0.15) is 11.3 Å². The highest BCUT2D eigenvalue weighted by molar-refractivity contribution is 5.73. The summed E-state index contributed by atoms with van der Waals surface area (Å²) in [5.41, 5.74) is 9.46. The molecule has 6 heterocycles. The van der Waals surface area contributed by atoms with E-state index in [4.69, 9.17) is 15.6 Å². The van der Waals surface area contributed by atoms with Crippen LogP contribution in [0.1, 0.15) is 30.3 Å². The molecule has 1 fully saturated rings. The average molecular weight is 533 g/mol. The summed E-state index contributed by atoms with van der Waals surface area (Å²) in [6.07, 6.45) is 5.64. The Labute approximate surface area is 213 Å². The highest BCUT2D eigenvalue weighted by Crippen LogP contribution is 2.48. The number of imidazole rings is 1. The summed E-state index contributed by atoms with van der Waals surface area (Å²) >= 11 is 0. The number of piperidine rings is 1. The van der Waals surface area contributed by atoms with E-state index in [1.165, 1.54) is 0 Å². The zero-order chi connectivity index (χ0) is 27.2. The van der Waals surface area contributed by atoms with E-state index in [1.807, 2.05) is 27.5 Å². The normalized spacial score (nSPS) is 18.4. The molecular formula is C24H24F4N8O2. The van der Waals surface area contributed by atoms with Crippen LogP contribution in [-0.4, -0.2) is 59.5 Å². The van der Waals surface area contributed by atoms with Crippen molar-refractivity contribution in [2.24, 2.45) is 11.1 Å². The maximum absolute atomic E-state index is 14.7. The maximum Gasteiger partial charge on any atom is 0.490 e. The Morgan fingerprint density at radius 3 is 2.50 bits per heavy atom. The number of nitrogens with zero attached hydrogens (tertiary/aromatic N) is 7. The van der Waals surface area contributed by atoms with Crippen LogP contribution in [0.15, 0.2) is 43.1 Å². The molecule has 1 atom stereocenters. The van der Waals surface area contributed by atoms with Gasteiger partial charge in [0.2, 0.25) is 0 Å². The second kappa shape index (κ2) is 9.35. The number of hydrogen-bond acceptors (Lipinski definition) is 7. The van der Waals surface area contributed by atoms with Crippen molar-refractivity contribution in [1.82, 2.24) is 29.1 Å². The van der Waals surface area contributed by atoms with Crippen molar-refractivity contribution >= 4 is 17.3 Å². The van der Waals surface area contributed by atoms with Crippen molar-refractivity contribution in [2.45, 2.75) is 38.5 Å². The Kier molecular flexibility index (Phi) is 6.29. The van der Waals surface area contributed by atoms with E-state index in [0.29, 0.717) is 17.1 Å². The Balaban J connectivity index is 0.000000374. The van der Waals surface area contributed by atoms with Gasteiger partial charge in [-0.25, -0.2) is 19.2 Å². The second-order valence-corrected chi connectivity index (χ2v) is 9.39. The van der Waals surface area contributed by atoms with E-state index in [1.54, 1.807) is 31.6 Å². The van der Waals surface area contributed by atoms with Gasteiger partial charge in [0.15, 0.2) is 11.6 Å². The summed E-state index contributed by atoms with van der Waals surface area (Å²) < 4.78 is 50.4. The van der Waals surface area contributed by atoms with Gasteiger partial charge in [0.05, 0.1) is 29.2 Å². The lowest BCUT2D eigenvalue weighted by molar-refractivity contribution is -0.192. The number of aromatic nitrogens is 6. The van der Waals surface area contributed by atoms with Crippen molar-refractivity contribution in [1.29, 1.82) is 0 Å². The first kappa shape index (κ1) is 25.6. The molecule has 0 saturated carbocycles. The molecule has 2 aliphatic heterocycles. The maximum atomic E-state index is 14.7. The fraction of sp³-hybridized carbons (Fsp3) is 0.375. The quantitative estimate of drug-likeness (QED) is 0.376. The minimum Gasteiger partial charge on any atom is -0.475 e. The number of hydrogen-bond donors (Lipinski definition) is 2. The van der Waals surface area contributed by atoms with Gasteiger partial charge in [0.25, 0.3) is 0 Å². The molecule has 1 saturated heterocycles. The molecule has 4 aromatic heterocycles. The molecule has 3 N–H and O–H groups in total. The fourth-order valence-corrected chi connectivity index (χ4v) is 5.16. The van der Waals surface area contributed by atoms with Crippen LogP contribution in [0.2, 0.25) is 0 Å². The number of nitrogens with two attached hydrogens (primary N) is 1. The van der Waals surface area contributed by atoms with Crippen LogP contribution < -0.4 is 10.6 Å². The molecule has 4 aromatic rings. The van der Waals surface area contributed by atoms with Crippen molar-refractivity contribution in [3.63, 3.8) is 0 Å². The van der Waals surface area contributed by atoms with E-state index in [0.717, 1.165) is 49.5 Å². The molecule has 0 radical (unpaired) electrons. The molecule has 200 valence electrons. The van der Waals surface area contributed by atoms with Crippen LogP contribution in [0, 0.1) is 18.2 Å². The Bertz CT molecular complexity index is 1490.